The third-order valence-electron chi connectivity index (χ3n) is 3.03. The number of fused-ring (bicyclic) bond motifs is 1. The molecular formula is C16H19NO2. The maximum Gasteiger partial charge on any atom is 0.261 e. The molecule has 100 valence electrons. The van der Waals surface area contributed by atoms with Crippen molar-refractivity contribution >= 4 is 16.7 Å². The average molecular weight is 257 g/mol. The van der Waals surface area contributed by atoms with Crippen LogP contribution in [-0.2, 0) is 4.79 Å². The van der Waals surface area contributed by atoms with E-state index in [1.165, 1.54) is 0 Å². The van der Waals surface area contributed by atoms with Crippen LogP contribution in [0.1, 0.15) is 20.3 Å². The summed E-state index contributed by atoms with van der Waals surface area (Å²) in [6.07, 6.45) is 0.209. The fourth-order valence-corrected chi connectivity index (χ4v) is 2.06. The Morgan fingerprint density at radius 2 is 1.89 bits per heavy atom. The molecule has 0 bridgehead atoms. The second-order valence-corrected chi connectivity index (χ2v) is 4.39. The van der Waals surface area contributed by atoms with Crippen LogP contribution in [0, 0.1) is 0 Å². The van der Waals surface area contributed by atoms with Gasteiger partial charge in [0, 0.05) is 11.9 Å². The first-order valence-electron chi connectivity index (χ1n) is 6.68. The molecule has 0 aliphatic heterocycles. The van der Waals surface area contributed by atoms with Crippen molar-refractivity contribution in [2.75, 3.05) is 6.54 Å². The lowest BCUT2D eigenvalue weighted by Gasteiger charge is -2.18. The minimum atomic E-state index is -0.439. The molecule has 1 atom stereocenters. The molecule has 0 unspecified atom stereocenters. The maximum absolute atomic E-state index is 11.9. The number of rotatable bonds is 5. The van der Waals surface area contributed by atoms with Gasteiger partial charge in [-0.2, -0.15) is 0 Å². The second kappa shape index (κ2) is 6.23. The Hall–Kier alpha value is -2.03. The van der Waals surface area contributed by atoms with Gasteiger partial charge in [0.1, 0.15) is 5.75 Å². The summed E-state index contributed by atoms with van der Waals surface area (Å²) < 4.78 is 5.88. The smallest absolute Gasteiger partial charge is 0.261 e. The van der Waals surface area contributed by atoms with Crippen LogP contribution in [0.2, 0.25) is 0 Å². The van der Waals surface area contributed by atoms with E-state index < -0.39 is 6.10 Å². The maximum atomic E-state index is 11.9. The van der Waals surface area contributed by atoms with E-state index in [4.69, 9.17) is 4.74 Å². The molecule has 0 aromatic heterocycles. The van der Waals surface area contributed by atoms with Crippen molar-refractivity contribution in [3.05, 3.63) is 42.5 Å². The number of hydrogen-bond acceptors (Lipinski definition) is 2. The van der Waals surface area contributed by atoms with Gasteiger partial charge >= 0.3 is 0 Å². The van der Waals surface area contributed by atoms with Crippen LogP contribution in [0.4, 0.5) is 0 Å². The number of amides is 1. The van der Waals surface area contributed by atoms with Gasteiger partial charge in [0.15, 0.2) is 6.10 Å². The van der Waals surface area contributed by atoms with Gasteiger partial charge < -0.3 is 10.1 Å². The molecule has 2 rings (SSSR count). The van der Waals surface area contributed by atoms with Crippen molar-refractivity contribution in [3.63, 3.8) is 0 Å². The summed E-state index contributed by atoms with van der Waals surface area (Å²) in [5.41, 5.74) is 0. The molecule has 1 amide bonds. The molecular weight excluding hydrogens is 238 g/mol. The molecule has 0 aliphatic carbocycles. The Balaban J connectivity index is 2.27. The lowest BCUT2D eigenvalue weighted by atomic mass is 10.1. The second-order valence-electron chi connectivity index (χ2n) is 4.39. The Bertz CT molecular complexity index is 560. The van der Waals surface area contributed by atoms with Gasteiger partial charge in [-0.25, -0.2) is 0 Å². The van der Waals surface area contributed by atoms with Gasteiger partial charge in [-0.05, 0) is 24.8 Å². The third-order valence-corrected chi connectivity index (χ3v) is 3.03. The van der Waals surface area contributed by atoms with E-state index in [2.05, 4.69) is 5.32 Å². The lowest BCUT2D eigenvalue weighted by molar-refractivity contribution is -0.127. The van der Waals surface area contributed by atoms with Gasteiger partial charge in [-0.15, -0.1) is 0 Å². The highest BCUT2D eigenvalue weighted by atomic mass is 16.5. The number of carbonyl (C=O) groups is 1. The lowest BCUT2D eigenvalue weighted by Crippen LogP contribution is -2.37. The molecule has 0 radical (unpaired) electrons. The number of benzene rings is 2. The average Bonchev–Trinajstić information content (AvgIpc) is 2.45. The number of likely N-dealkylation sites (N-methyl/N-ethyl adjacent to an activating group) is 1. The van der Waals surface area contributed by atoms with Gasteiger partial charge in [-0.3, -0.25) is 4.79 Å². The zero-order chi connectivity index (χ0) is 13.7. The van der Waals surface area contributed by atoms with E-state index in [1.54, 1.807) is 0 Å². The Labute approximate surface area is 113 Å². The van der Waals surface area contributed by atoms with Crippen LogP contribution >= 0.6 is 0 Å². The summed E-state index contributed by atoms with van der Waals surface area (Å²) in [6.45, 7) is 4.47. The van der Waals surface area contributed by atoms with Gasteiger partial charge in [0.2, 0.25) is 0 Å². The fourth-order valence-electron chi connectivity index (χ4n) is 2.06. The number of hydrogen-bond donors (Lipinski definition) is 1. The minimum absolute atomic E-state index is 0.0575. The van der Waals surface area contributed by atoms with E-state index in [1.807, 2.05) is 56.3 Å². The van der Waals surface area contributed by atoms with Crippen molar-refractivity contribution in [1.82, 2.24) is 5.32 Å². The van der Waals surface area contributed by atoms with Crippen LogP contribution in [0.5, 0.6) is 5.75 Å². The predicted octanol–water partition coefficient (Wildman–Crippen LogP) is 3.13. The molecule has 1 N–H and O–H groups in total. The predicted molar refractivity (Wildman–Crippen MR) is 77.3 cm³/mol. The Kier molecular flexibility index (Phi) is 4.39. The molecule has 19 heavy (non-hydrogen) atoms. The van der Waals surface area contributed by atoms with E-state index in [0.29, 0.717) is 13.0 Å². The molecule has 2 aromatic rings. The number of carbonyl (C=O) groups excluding carboxylic acids is 1. The summed E-state index contributed by atoms with van der Waals surface area (Å²) in [5.74, 6) is 0.703. The summed E-state index contributed by atoms with van der Waals surface area (Å²) in [7, 11) is 0. The molecule has 0 fully saturated rings. The Morgan fingerprint density at radius 3 is 2.63 bits per heavy atom. The topological polar surface area (TPSA) is 38.3 Å². The monoisotopic (exact) mass is 257 g/mol. The van der Waals surface area contributed by atoms with Crippen LogP contribution in [0.15, 0.2) is 42.5 Å². The normalized spacial score (nSPS) is 12.1. The van der Waals surface area contributed by atoms with E-state index >= 15 is 0 Å². The summed E-state index contributed by atoms with van der Waals surface area (Å²) >= 11 is 0. The first-order valence-corrected chi connectivity index (χ1v) is 6.68. The highest BCUT2D eigenvalue weighted by molar-refractivity contribution is 5.89. The van der Waals surface area contributed by atoms with Crippen molar-refractivity contribution in [2.45, 2.75) is 26.4 Å². The van der Waals surface area contributed by atoms with Crippen LogP contribution in [0.25, 0.3) is 10.8 Å². The Morgan fingerprint density at radius 1 is 1.16 bits per heavy atom. The molecule has 3 nitrogen and oxygen atoms in total. The summed E-state index contributed by atoms with van der Waals surface area (Å²) in [4.78, 5) is 11.9. The molecule has 0 saturated heterocycles. The molecule has 0 heterocycles. The van der Waals surface area contributed by atoms with E-state index in [0.717, 1.165) is 16.5 Å². The van der Waals surface area contributed by atoms with Gasteiger partial charge in [-0.1, -0.05) is 43.3 Å². The quantitative estimate of drug-likeness (QED) is 0.893. The molecule has 0 saturated carbocycles. The number of nitrogens with one attached hydrogen (secondary N) is 1. The largest absolute Gasteiger partial charge is 0.480 e. The van der Waals surface area contributed by atoms with Crippen LogP contribution in [-0.4, -0.2) is 18.6 Å². The fraction of sp³-hybridized carbons (Fsp3) is 0.312. The molecule has 2 aromatic carbocycles. The van der Waals surface area contributed by atoms with E-state index in [-0.39, 0.29) is 5.91 Å². The van der Waals surface area contributed by atoms with E-state index in [9.17, 15) is 4.79 Å². The van der Waals surface area contributed by atoms with Crippen LogP contribution in [0.3, 0.4) is 0 Å². The molecule has 3 heteroatoms. The standard InChI is InChI=1S/C16H19NO2/c1-3-14(16(18)17-4-2)19-15-11-7-9-12-8-5-6-10-13(12)15/h5-11,14H,3-4H2,1-2H3,(H,17,18)/t14-/m1/s1. The molecule has 0 spiro atoms. The van der Waals surface area contributed by atoms with Gasteiger partial charge in [0.05, 0.1) is 0 Å². The SMILES string of the molecule is CCNC(=O)[C@@H](CC)Oc1cccc2ccccc12. The zero-order valence-electron chi connectivity index (χ0n) is 11.3. The summed E-state index contributed by atoms with van der Waals surface area (Å²) in [6, 6.07) is 13.9. The van der Waals surface area contributed by atoms with Crippen LogP contribution < -0.4 is 10.1 Å². The first kappa shape index (κ1) is 13.4. The zero-order valence-corrected chi connectivity index (χ0v) is 11.3. The number of ether oxygens (including phenoxy) is 1. The molecule has 0 aliphatic rings. The van der Waals surface area contributed by atoms with Crippen molar-refractivity contribution in [3.8, 4) is 5.75 Å². The highest BCUT2D eigenvalue weighted by Gasteiger charge is 2.18. The van der Waals surface area contributed by atoms with Crippen molar-refractivity contribution in [2.24, 2.45) is 0 Å². The minimum Gasteiger partial charge on any atom is -0.480 e. The van der Waals surface area contributed by atoms with Crippen molar-refractivity contribution < 1.29 is 9.53 Å². The third kappa shape index (κ3) is 3.05. The van der Waals surface area contributed by atoms with Crippen molar-refractivity contribution in [1.29, 1.82) is 0 Å². The first-order chi connectivity index (χ1) is 9.26. The van der Waals surface area contributed by atoms with Gasteiger partial charge in [0.25, 0.3) is 5.91 Å². The highest BCUT2D eigenvalue weighted by Crippen LogP contribution is 2.26. The summed E-state index contributed by atoms with van der Waals surface area (Å²) in [5, 5.41) is 4.95.